The highest BCUT2D eigenvalue weighted by atomic mass is 79.9. The molecule has 1 aromatic carbocycles. The summed E-state index contributed by atoms with van der Waals surface area (Å²) in [6, 6.07) is 8.02. The largest absolute Gasteiger partial charge is 0.467 e. The number of ether oxygens (including phenoxy) is 1. The third kappa shape index (κ3) is 2.71. The molecule has 6 heteroatoms. The van der Waals surface area contributed by atoms with Gasteiger partial charge in [0.1, 0.15) is 0 Å². The molecular formula is C11H11BrN4O. The van der Waals surface area contributed by atoms with Gasteiger partial charge in [-0.15, -0.1) is 0 Å². The molecule has 5 nitrogen and oxygen atoms in total. The fraction of sp³-hybridized carbons (Fsp3) is 0.182. The molecule has 2 aromatic rings. The molecule has 0 aliphatic rings. The van der Waals surface area contributed by atoms with E-state index in [0.29, 0.717) is 17.8 Å². The molecule has 1 N–H and O–H groups in total. The molecule has 0 amide bonds. The van der Waals surface area contributed by atoms with Gasteiger partial charge in [-0.05, 0) is 12.1 Å². The predicted octanol–water partition coefficient (Wildman–Crippen LogP) is 2.35. The number of nitrogens with one attached hydrogen (secondary N) is 1. The summed E-state index contributed by atoms with van der Waals surface area (Å²) in [5, 5.41) is 2.87. The molecule has 2 rings (SSSR count). The van der Waals surface area contributed by atoms with Gasteiger partial charge in [-0.3, -0.25) is 0 Å². The van der Waals surface area contributed by atoms with Gasteiger partial charge < -0.3 is 10.1 Å². The lowest BCUT2D eigenvalue weighted by molar-refractivity contribution is 0.379. The standard InChI is InChI=1S/C11H11BrN4O/c1-13-10-14-9(15-11(16-10)17-2)7-3-5-8(12)6-4-7/h3-6H,1-2H3,(H,13,14,15,16). The van der Waals surface area contributed by atoms with Crippen LogP contribution < -0.4 is 10.1 Å². The van der Waals surface area contributed by atoms with Crippen LogP contribution in [0.2, 0.25) is 0 Å². The van der Waals surface area contributed by atoms with Gasteiger partial charge in [0.25, 0.3) is 0 Å². The van der Waals surface area contributed by atoms with E-state index in [1.165, 1.54) is 7.11 Å². The van der Waals surface area contributed by atoms with Crippen molar-refractivity contribution in [2.24, 2.45) is 0 Å². The van der Waals surface area contributed by atoms with Gasteiger partial charge in [0, 0.05) is 17.1 Å². The number of hydrogen-bond acceptors (Lipinski definition) is 5. The Bertz CT molecular complexity index is 493. The highest BCUT2D eigenvalue weighted by Gasteiger charge is 2.07. The molecule has 0 spiro atoms. The van der Waals surface area contributed by atoms with Crippen LogP contribution in [0.15, 0.2) is 28.7 Å². The smallest absolute Gasteiger partial charge is 0.321 e. The lowest BCUT2D eigenvalue weighted by Crippen LogP contribution is -2.03. The van der Waals surface area contributed by atoms with Crippen LogP contribution in [0.25, 0.3) is 11.4 Å². The minimum absolute atomic E-state index is 0.294. The van der Waals surface area contributed by atoms with E-state index < -0.39 is 0 Å². The number of halogens is 1. The van der Waals surface area contributed by atoms with E-state index in [0.717, 1.165) is 10.0 Å². The quantitative estimate of drug-likeness (QED) is 0.942. The molecule has 0 radical (unpaired) electrons. The van der Waals surface area contributed by atoms with Crippen molar-refractivity contribution in [2.75, 3.05) is 19.5 Å². The first-order valence-corrected chi connectivity index (χ1v) is 5.76. The maximum atomic E-state index is 5.03. The third-order valence-electron chi connectivity index (χ3n) is 2.12. The second kappa shape index (κ2) is 5.09. The minimum Gasteiger partial charge on any atom is -0.467 e. The lowest BCUT2D eigenvalue weighted by atomic mass is 10.2. The van der Waals surface area contributed by atoms with Crippen LogP contribution in [0.5, 0.6) is 6.01 Å². The molecule has 0 aliphatic heterocycles. The summed E-state index contributed by atoms with van der Waals surface area (Å²) < 4.78 is 6.04. The molecule has 0 bridgehead atoms. The molecule has 1 heterocycles. The predicted molar refractivity (Wildman–Crippen MR) is 69.1 cm³/mol. The van der Waals surface area contributed by atoms with Crippen LogP contribution in [0, 0.1) is 0 Å². The van der Waals surface area contributed by atoms with Gasteiger partial charge in [-0.1, -0.05) is 28.1 Å². The average molecular weight is 295 g/mol. The van der Waals surface area contributed by atoms with Crippen molar-refractivity contribution in [1.29, 1.82) is 0 Å². The number of nitrogens with zero attached hydrogens (tertiary/aromatic N) is 3. The van der Waals surface area contributed by atoms with Crippen molar-refractivity contribution in [3.63, 3.8) is 0 Å². The molecule has 88 valence electrons. The normalized spacial score (nSPS) is 10.1. The Morgan fingerprint density at radius 3 is 2.41 bits per heavy atom. The van der Waals surface area contributed by atoms with E-state index in [2.05, 4.69) is 36.2 Å². The Hall–Kier alpha value is -1.69. The summed E-state index contributed by atoms with van der Waals surface area (Å²) in [5.74, 6) is 1.06. The van der Waals surface area contributed by atoms with E-state index in [1.807, 2.05) is 24.3 Å². The number of anilines is 1. The second-order valence-electron chi connectivity index (χ2n) is 3.23. The highest BCUT2D eigenvalue weighted by Crippen LogP contribution is 2.20. The summed E-state index contributed by atoms with van der Waals surface area (Å²) in [7, 11) is 3.28. The number of benzene rings is 1. The summed E-state index contributed by atoms with van der Waals surface area (Å²) in [4.78, 5) is 12.5. The number of methoxy groups -OCH3 is 1. The van der Waals surface area contributed by atoms with Gasteiger partial charge in [-0.25, -0.2) is 0 Å². The number of hydrogen-bond donors (Lipinski definition) is 1. The van der Waals surface area contributed by atoms with Crippen LogP contribution >= 0.6 is 15.9 Å². The fourth-order valence-corrected chi connectivity index (χ4v) is 1.55. The first kappa shape index (κ1) is 11.8. The van der Waals surface area contributed by atoms with Crippen LogP contribution in [0.1, 0.15) is 0 Å². The first-order valence-electron chi connectivity index (χ1n) is 4.96. The first-order chi connectivity index (χ1) is 8.22. The Balaban J connectivity index is 2.46. The summed E-state index contributed by atoms with van der Waals surface area (Å²) in [6.45, 7) is 0. The fourth-order valence-electron chi connectivity index (χ4n) is 1.29. The summed E-state index contributed by atoms with van der Waals surface area (Å²) in [6.07, 6.45) is 0. The van der Waals surface area contributed by atoms with Crippen molar-refractivity contribution in [1.82, 2.24) is 15.0 Å². The zero-order chi connectivity index (χ0) is 12.3. The average Bonchev–Trinajstić information content (AvgIpc) is 2.39. The van der Waals surface area contributed by atoms with Gasteiger partial charge in [0.2, 0.25) is 5.95 Å². The van der Waals surface area contributed by atoms with E-state index in [1.54, 1.807) is 7.05 Å². The SMILES string of the molecule is CNc1nc(OC)nc(-c2ccc(Br)cc2)n1. The monoisotopic (exact) mass is 294 g/mol. The molecule has 0 saturated carbocycles. The van der Waals surface area contributed by atoms with Crippen LogP contribution in [0.3, 0.4) is 0 Å². The molecule has 0 fully saturated rings. The maximum absolute atomic E-state index is 5.03. The van der Waals surface area contributed by atoms with Crippen molar-refractivity contribution in [3.05, 3.63) is 28.7 Å². The van der Waals surface area contributed by atoms with Gasteiger partial charge in [-0.2, -0.15) is 15.0 Å². The molecule has 0 aliphatic carbocycles. The van der Waals surface area contributed by atoms with E-state index in [-0.39, 0.29) is 0 Å². The maximum Gasteiger partial charge on any atom is 0.321 e. The molecule has 0 atom stereocenters. The molecule has 0 saturated heterocycles. The van der Waals surface area contributed by atoms with Gasteiger partial charge in [0.05, 0.1) is 7.11 Å². The molecule has 0 unspecified atom stereocenters. The Morgan fingerprint density at radius 1 is 1.12 bits per heavy atom. The van der Waals surface area contributed by atoms with Crippen molar-refractivity contribution >= 4 is 21.9 Å². The second-order valence-corrected chi connectivity index (χ2v) is 4.14. The Labute approximate surface area is 107 Å². The van der Waals surface area contributed by atoms with Gasteiger partial charge in [0.15, 0.2) is 5.82 Å². The van der Waals surface area contributed by atoms with Crippen LogP contribution in [-0.4, -0.2) is 29.1 Å². The van der Waals surface area contributed by atoms with Crippen molar-refractivity contribution < 1.29 is 4.74 Å². The van der Waals surface area contributed by atoms with Crippen LogP contribution in [0.4, 0.5) is 5.95 Å². The Kier molecular flexibility index (Phi) is 3.53. The minimum atomic E-state index is 0.294. The molecule has 1 aromatic heterocycles. The molecule has 17 heavy (non-hydrogen) atoms. The number of aromatic nitrogens is 3. The van der Waals surface area contributed by atoms with Gasteiger partial charge >= 0.3 is 6.01 Å². The zero-order valence-electron chi connectivity index (χ0n) is 9.44. The van der Waals surface area contributed by atoms with E-state index in [4.69, 9.17) is 4.74 Å². The zero-order valence-corrected chi connectivity index (χ0v) is 11.0. The van der Waals surface area contributed by atoms with E-state index in [9.17, 15) is 0 Å². The topological polar surface area (TPSA) is 59.9 Å². The summed E-state index contributed by atoms with van der Waals surface area (Å²) >= 11 is 3.38. The third-order valence-corrected chi connectivity index (χ3v) is 2.65. The van der Waals surface area contributed by atoms with Crippen molar-refractivity contribution in [3.8, 4) is 17.4 Å². The van der Waals surface area contributed by atoms with E-state index >= 15 is 0 Å². The number of rotatable bonds is 3. The highest BCUT2D eigenvalue weighted by molar-refractivity contribution is 9.10. The molecular weight excluding hydrogens is 284 g/mol. The lowest BCUT2D eigenvalue weighted by Gasteiger charge is -2.05. The van der Waals surface area contributed by atoms with Crippen LogP contribution in [-0.2, 0) is 0 Å². The Morgan fingerprint density at radius 2 is 1.82 bits per heavy atom. The van der Waals surface area contributed by atoms with Crippen molar-refractivity contribution in [2.45, 2.75) is 0 Å². The summed E-state index contributed by atoms with van der Waals surface area (Å²) in [5.41, 5.74) is 0.908.